The van der Waals surface area contributed by atoms with Crippen molar-refractivity contribution in [2.45, 2.75) is 19.4 Å². The molecule has 1 aromatic carbocycles. The highest BCUT2D eigenvalue weighted by Crippen LogP contribution is 2.21. The Morgan fingerprint density at radius 1 is 1.25 bits per heavy atom. The second-order valence-electron chi connectivity index (χ2n) is 4.36. The van der Waals surface area contributed by atoms with E-state index in [2.05, 4.69) is 27.5 Å². The molecule has 1 N–H and O–H groups in total. The molecule has 0 amide bonds. The Hall–Kier alpha value is -2.63. The van der Waals surface area contributed by atoms with Gasteiger partial charge in [0.2, 0.25) is 0 Å². The first kappa shape index (κ1) is 12.4. The van der Waals surface area contributed by atoms with E-state index in [4.69, 9.17) is 4.52 Å². The lowest BCUT2D eigenvalue weighted by Crippen LogP contribution is -2.10. The molecule has 0 radical (unpaired) electrons. The zero-order valence-corrected chi connectivity index (χ0v) is 11.1. The molecule has 0 spiro atoms. The van der Waals surface area contributed by atoms with Crippen LogP contribution in [0.4, 0.5) is 11.6 Å². The van der Waals surface area contributed by atoms with Crippen LogP contribution in [0.3, 0.4) is 0 Å². The van der Waals surface area contributed by atoms with Gasteiger partial charge < -0.3 is 9.84 Å². The molecule has 6 nitrogen and oxygen atoms in total. The van der Waals surface area contributed by atoms with Crippen LogP contribution < -0.4 is 5.32 Å². The lowest BCUT2D eigenvalue weighted by molar-refractivity contribution is 0.322. The van der Waals surface area contributed by atoms with Gasteiger partial charge in [0.25, 0.3) is 11.8 Å². The van der Waals surface area contributed by atoms with Crippen LogP contribution in [0.1, 0.15) is 25.3 Å². The highest BCUT2D eigenvalue weighted by molar-refractivity contribution is 5.52. The number of aromatic nitrogens is 4. The molecule has 0 saturated carbocycles. The summed E-state index contributed by atoms with van der Waals surface area (Å²) in [5.41, 5.74) is 0.923. The van der Waals surface area contributed by atoms with Crippen LogP contribution in [0.15, 0.2) is 53.3 Å². The SMILES string of the molecule is CCC(c1nc(Nc2ccccc2)no1)n1cccn1. The summed E-state index contributed by atoms with van der Waals surface area (Å²) in [6, 6.07) is 11.6. The Bertz CT molecular complexity index is 647. The minimum Gasteiger partial charge on any atom is -0.335 e. The second kappa shape index (κ2) is 5.56. The van der Waals surface area contributed by atoms with E-state index in [1.54, 1.807) is 6.20 Å². The molecule has 0 fully saturated rings. The van der Waals surface area contributed by atoms with Gasteiger partial charge in [0.05, 0.1) is 0 Å². The molecule has 0 aliphatic heterocycles. The molecule has 1 atom stereocenters. The van der Waals surface area contributed by atoms with Crippen LogP contribution in [0.2, 0.25) is 0 Å². The van der Waals surface area contributed by atoms with Crippen molar-refractivity contribution >= 4 is 11.6 Å². The first-order valence-electron chi connectivity index (χ1n) is 6.51. The van der Waals surface area contributed by atoms with Crippen LogP contribution in [0.5, 0.6) is 0 Å². The van der Waals surface area contributed by atoms with Crippen molar-refractivity contribution in [1.82, 2.24) is 19.9 Å². The fourth-order valence-corrected chi connectivity index (χ4v) is 2.01. The molecular formula is C14H15N5O. The van der Waals surface area contributed by atoms with E-state index >= 15 is 0 Å². The molecule has 0 aliphatic carbocycles. The van der Waals surface area contributed by atoms with Gasteiger partial charge in [-0.05, 0) is 29.8 Å². The van der Waals surface area contributed by atoms with Gasteiger partial charge in [0, 0.05) is 18.1 Å². The molecule has 0 aliphatic rings. The Morgan fingerprint density at radius 3 is 2.80 bits per heavy atom. The van der Waals surface area contributed by atoms with Gasteiger partial charge in [-0.3, -0.25) is 4.68 Å². The average Bonchev–Trinajstić information content (AvgIpc) is 3.14. The standard InChI is InChI=1S/C14H15N5O/c1-2-12(19-10-6-9-15-19)13-17-14(18-20-13)16-11-7-4-3-5-8-11/h3-10,12H,2H2,1H3,(H,16,18). The van der Waals surface area contributed by atoms with Crippen molar-refractivity contribution in [2.75, 3.05) is 5.32 Å². The molecule has 6 heteroatoms. The Morgan fingerprint density at radius 2 is 2.10 bits per heavy atom. The Balaban J connectivity index is 1.79. The van der Waals surface area contributed by atoms with E-state index in [0.29, 0.717) is 11.8 Å². The van der Waals surface area contributed by atoms with Crippen LogP contribution in [-0.2, 0) is 0 Å². The molecule has 3 rings (SSSR count). The van der Waals surface area contributed by atoms with E-state index in [-0.39, 0.29) is 6.04 Å². The predicted octanol–water partition coefficient (Wildman–Crippen LogP) is 3.01. The maximum Gasteiger partial charge on any atom is 0.267 e. The monoisotopic (exact) mass is 269 g/mol. The number of rotatable bonds is 5. The maximum absolute atomic E-state index is 5.33. The van der Waals surface area contributed by atoms with Crippen molar-refractivity contribution in [2.24, 2.45) is 0 Å². The van der Waals surface area contributed by atoms with Gasteiger partial charge >= 0.3 is 0 Å². The van der Waals surface area contributed by atoms with Crippen LogP contribution in [0.25, 0.3) is 0 Å². The third-order valence-corrected chi connectivity index (χ3v) is 2.99. The lowest BCUT2D eigenvalue weighted by atomic mass is 10.2. The summed E-state index contributed by atoms with van der Waals surface area (Å²) in [7, 11) is 0. The van der Waals surface area contributed by atoms with Gasteiger partial charge in [0.15, 0.2) is 0 Å². The molecular weight excluding hydrogens is 254 g/mol. The minimum atomic E-state index is -0.0381. The third-order valence-electron chi connectivity index (χ3n) is 2.99. The van der Waals surface area contributed by atoms with E-state index < -0.39 is 0 Å². The predicted molar refractivity (Wildman–Crippen MR) is 74.7 cm³/mol. The first-order chi connectivity index (χ1) is 9.86. The lowest BCUT2D eigenvalue weighted by Gasteiger charge is -2.09. The normalized spacial score (nSPS) is 12.2. The van der Waals surface area contributed by atoms with Crippen molar-refractivity contribution in [1.29, 1.82) is 0 Å². The van der Waals surface area contributed by atoms with Crippen molar-refractivity contribution in [3.05, 3.63) is 54.7 Å². The summed E-state index contributed by atoms with van der Waals surface area (Å²) in [5, 5.41) is 11.3. The second-order valence-corrected chi connectivity index (χ2v) is 4.36. The third kappa shape index (κ3) is 2.54. The van der Waals surface area contributed by atoms with Gasteiger partial charge in [-0.15, -0.1) is 0 Å². The fraction of sp³-hybridized carbons (Fsp3) is 0.214. The summed E-state index contributed by atoms with van der Waals surface area (Å²) in [6.45, 7) is 2.06. The zero-order chi connectivity index (χ0) is 13.8. The highest BCUT2D eigenvalue weighted by Gasteiger charge is 2.19. The molecule has 3 aromatic rings. The van der Waals surface area contributed by atoms with E-state index in [1.807, 2.05) is 47.3 Å². The molecule has 102 valence electrons. The van der Waals surface area contributed by atoms with Gasteiger partial charge in [-0.1, -0.05) is 25.1 Å². The number of nitrogens with one attached hydrogen (secondary N) is 1. The summed E-state index contributed by atoms with van der Waals surface area (Å²) in [6.07, 6.45) is 4.46. The Labute approximate surface area is 116 Å². The number of nitrogens with zero attached hydrogens (tertiary/aromatic N) is 4. The number of para-hydroxylation sites is 1. The van der Waals surface area contributed by atoms with Crippen molar-refractivity contribution in [3.63, 3.8) is 0 Å². The fourth-order valence-electron chi connectivity index (χ4n) is 2.01. The number of hydrogen-bond donors (Lipinski definition) is 1. The van der Waals surface area contributed by atoms with Crippen LogP contribution in [-0.4, -0.2) is 19.9 Å². The molecule has 1 unspecified atom stereocenters. The number of hydrogen-bond acceptors (Lipinski definition) is 5. The van der Waals surface area contributed by atoms with Gasteiger partial charge in [-0.2, -0.15) is 10.1 Å². The number of anilines is 2. The van der Waals surface area contributed by atoms with E-state index in [1.165, 1.54) is 0 Å². The summed E-state index contributed by atoms with van der Waals surface area (Å²) < 4.78 is 7.15. The highest BCUT2D eigenvalue weighted by atomic mass is 16.5. The molecule has 2 heterocycles. The van der Waals surface area contributed by atoms with Gasteiger partial charge in [0.1, 0.15) is 6.04 Å². The molecule has 2 aromatic heterocycles. The van der Waals surface area contributed by atoms with Crippen LogP contribution in [0, 0.1) is 0 Å². The summed E-state index contributed by atoms with van der Waals surface area (Å²) in [5.74, 6) is 1.01. The quantitative estimate of drug-likeness (QED) is 0.771. The molecule has 20 heavy (non-hydrogen) atoms. The number of benzene rings is 1. The first-order valence-corrected chi connectivity index (χ1v) is 6.51. The topological polar surface area (TPSA) is 68.8 Å². The maximum atomic E-state index is 5.33. The van der Waals surface area contributed by atoms with Crippen LogP contribution >= 0.6 is 0 Å². The van der Waals surface area contributed by atoms with Crippen molar-refractivity contribution in [3.8, 4) is 0 Å². The molecule has 0 bridgehead atoms. The summed E-state index contributed by atoms with van der Waals surface area (Å²) in [4.78, 5) is 4.38. The van der Waals surface area contributed by atoms with E-state index in [9.17, 15) is 0 Å². The molecule has 0 saturated heterocycles. The van der Waals surface area contributed by atoms with Gasteiger partial charge in [-0.25, -0.2) is 0 Å². The Kier molecular flexibility index (Phi) is 3.45. The average molecular weight is 269 g/mol. The largest absolute Gasteiger partial charge is 0.335 e. The summed E-state index contributed by atoms with van der Waals surface area (Å²) >= 11 is 0. The zero-order valence-electron chi connectivity index (χ0n) is 11.1. The van der Waals surface area contributed by atoms with Crippen molar-refractivity contribution < 1.29 is 4.52 Å². The van der Waals surface area contributed by atoms with E-state index in [0.717, 1.165) is 12.1 Å². The smallest absolute Gasteiger partial charge is 0.267 e. The minimum absolute atomic E-state index is 0.0381.